The molecule has 2 bridgehead atoms. The fourth-order valence-corrected chi connectivity index (χ4v) is 2.83. The van der Waals surface area contributed by atoms with E-state index in [0.29, 0.717) is 11.1 Å². The van der Waals surface area contributed by atoms with Crippen molar-refractivity contribution in [2.24, 2.45) is 0 Å². The molecule has 5 heteroatoms. The van der Waals surface area contributed by atoms with Gasteiger partial charge in [0.05, 0.1) is 26.7 Å². The molecule has 0 radical (unpaired) electrons. The molecular formula is C15H14O5. The zero-order valence-corrected chi connectivity index (χ0v) is 11.4. The van der Waals surface area contributed by atoms with Crippen molar-refractivity contribution < 1.29 is 25.2 Å². The van der Waals surface area contributed by atoms with Crippen molar-refractivity contribution in [1.29, 1.82) is 0 Å². The minimum atomic E-state index is -1.75. The summed E-state index contributed by atoms with van der Waals surface area (Å²) in [7, 11) is 2.43. The van der Waals surface area contributed by atoms with Crippen LogP contribution in [0.5, 0.6) is 0 Å². The summed E-state index contributed by atoms with van der Waals surface area (Å²) in [5.41, 5.74) is -0.0354. The average Bonchev–Trinajstić information content (AvgIpc) is 2.88. The van der Waals surface area contributed by atoms with E-state index >= 15 is 0 Å². The first kappa shape index (κ1) is 11.7. The van der Waals surface area contributed by atoms with Gasteiger partial charge in [0.1, 0.15) is 11.7 Å². The number of hydrogen-bond donors (Lipinski definition) is 0. The quantitative estimate of drug-likeness (QED) is 0.768. The smallest absolute Gasteiger partial charge is 0.337 e. The summed E-state index contributed by atoms with van der Waals surface area (Å²) in [6, 6.07) is 7.05. The van der Waals surface area contributed by atoms with E-state index in [4.69, 9.17) is 15.6 Å². The van der Waals surface area contributed by atoms with Gasteiger partial charge in [-0.25, -0.2) is 9.59 Å². The molecule has 0 unspecified atom stereocenters. The molecule has 0 aliphatic carbocycles. The molecule has 0 N–H and O–H groups in total. The highest BCUT2D eigenvalue weighted by molar-refractivity contribution is 6.04. The lowest BCUT2D eigenvalue weighted by atomic mass is 9.78. The molecule has 1 aromatic carbocycles. The number of rotatable bonds is 2. The standard InChI is InChI=1S/C15H14O5/c1-15-9-7-5-4-6-8(9)12(20-15)10(13(16)18-2)11(15)14(17)19-3/h4-7,12H,1-3H3/t12-,15+/m1/s1/i12D. The van der Waals surface area contributed by atoms with E-state index in [-0.39, 0.29) is 11.1 Å². The van der Waals surface area contributed by atoms with Gasteiger partial charge in [-0.1, -0.05) is 24.3 Å². The molecule has 0 spiro atoms. The van der Waals surface area contributed by atoms with Gasteiger partial charge >= 0.3 is 11.9 Å². The van der Waals surface area contributed by atoms with Crippen LogP contribution in [0.25, 0.3) is 0 Å². The van der Waals surface area contributed by atoms with Crippen molar-refractivity contribution in [2.75, 3.05) is 14.2 Å². The summed E-state index contributed by atoms with van der Waals surface area (Å²) in [4.78, 5) is 24.2. The Labute approximate surface area is 117 Å². The Morgan fingerprint density at radius 1 is 1.25 bits per heavy atom. The number of carbonyl (C=O) groups excluding carboxylic acids is 2. The first-order valence-electron chi connectivity index (χ1n) is 6.62. The van der Waals surface area contributed by atoms with Crippen LogP contribution in [0.2, 0.25) is 0 Å². The van der Waals surface area contributed by atoms with E-state index in [9.17, 15) is 9.59 Å². The van der Waals surface area contributed by atoms with Crippen LogP contribution in [0.4, 0.5) is 0 Å². The second-order valence-electron chi connectivity index (χ2n) is 4.74. The van der Waals surface area contributed by atoms with Crippen molar-refractivity contribution in [3.8, 4) is 0 Å². The Balaban J connectivity index is 2.34. The number of methoxy groups -OCH3 is 2. The molecule has 2 heterocycles. The van der Waals surface area contributed by atoms with Gasteiger partial charge in [-0.05, 0) is 18.1 Å². The third-order valence-corrected chi connectivity index (χ3v) is 3.73. The Bertz CT molecular complexity index is 638. The number of ether oxygens (including phenoxy) is 3. The molecule has 0 amide bonds. The summed E-state index contributed by atoms with van der Waals surface area (Å²) in [5.74, 6) is -1.45. The molecule has 0 fully saturated rings. The Hall–Kier alpha value is -2.14. The van der Waals surface area contributed by atoms with E-state index < -0.39 is 23.6 Å². The molecule has 2 aliphatic rings. The predicted molar refractivity (Wildman–Crippen MR) is 68.7 cm³/mol. The van der Waals surface area contributed by atoms with Crippen LogP contribution >= 0.6 is 0 Å². The van der Waals surface area contributed by atoms with Gasteiger partial charge in [-0.2, -0.15) is 0 Å². The zero-order chi connectivity index (χ0) is 15.4. The fraction of sp³-hybridized carbons (Fsp3) is 0.333. The van der Waals surface area contributed by atoms with Gasteiger partial charge < -0.3 is 14.2 Å². The predicted octanol–water partition coefficient (Wildman–Crippen LogP) is 1.63. The van der Waals surface area contributed by atoms with E-state index in [1.165, 1.54) is 14.2 Å². The monoisotopic (exact) mass is 275 g/mol. The van der Waals surface area contributed by atoms with Gasteiger partial charge in [-0.15, -0.1) is 0 Å². The summed E-state index contributed by atoms with van der Waals surface area (Å²) >= 11 is 0. The van der Waals surface area contributed by atoms with Gasteiger partial charge in [0.15, 0.2) is 0 Å². The number of esters is 2. The molecule has 0 aromatic heterocycles. The second kappa shape index (κ2) is 4.18. The Morgan fingerprint density at radius 2 is 1.90 bits per heavy atom. The topological polar surface area (TPSA) is 61.8 Å². The first-order chi connectivity index (χ1) is 9.90. The van der Waals surface area contributed by atoms with E-state index in [1.54, 1.807) is 31.2 Å². The van der Waals surface area contributed by atoms with Crippen molar-refractivity contribution in [3.63, 3.8) is 0 Å². The fourth-order valence-electron chi connectivity index (χ4n) is 2.83. The molecule has 3 rings (SSSR count). The molecule has 20 heavy (non-hydrogen) atoms. The second-order valence-corrected chi connectivity index (χ2v) is 4.74. The summed E-state index contributed by atoms with van der Waals surface area (Å²) in [6.45, 7) is 1.66. The van der Waals surface area contributed by atoms with Crippen LogP contribution in [-0.2, 0) is 29.4 Å². The van der Waals surface area contributed by atoms with Gasteiger partial charge in [0.2, 0.25) is 0 Å². The molecule has 0 saturated carbocycles. The maximum absolute atomic E-state index is 12.1. The van der Waals surface area contributed by atoms with Crippen molar-refractivity contribution in [3.05, 3.63) is 46.5 Å². The summed E-state index contributed by atoms with van der Waals surface area (Å²) < 4.78 is 23.9. The minimum Gasteiger partial charge on any atom is -0.466 e. The zero-order valence-electron chi connectivity index (χ0n) is 12.4. The highest BCUT2D eigenvalue weighted by Gasteiger charge is 2.57. The number of carbonyl (C=O) groups is 2. The first-order valence-corrected chi connectivity index (χ1v) is 6.12. The third-order valence-electron chi connectivity index (χ3n) is 3.73. The van der Waals surface area contributed by atoms with Crippen LogP contribution in [0.15, 0.2) is 35.4 Å². The summed E-state index contributed by atoms with van der Waals surface area (Å²) in [5, 5.41) is 0. The maximum atomic E-state index is 12.1. The molecule has 104 valence electrons. The SMILES string of the molecule is [2H][C@]12O[C@](C)(C(C(=O)OC)=C1C(=O)OC)c1ccccc12. The van der Waals surface area contributed by atoms with E-state index in [0.717, 1.165) is 0 Å². The van der Waals surface area contributed by atoms with E-state index in [2.05, 4.69) is 0 Å². The number of benzene rings is 1. The number of hydrogen-bond acceptors (Lipinski definition) is 5. The minimum absolute atomic E-state index is 0.0329. The molecule has 5 nitrogen and oxygen atoms in total. The van der Waals surface area contributed by atoms with Gasteiger partial charge in [-0.3, -0.25) is 0 Å². The van der Waals surface area contributed by atoms with Crippen molar-refractivity contribution in [1.82, 2.24) is 0 Å². The van der Waals surface area contributed by atoms with Crippen LogP contribution in [0.1, 0.15) is 25.5 Å². The molecule has 1 aromatic rings. The average molecular weight is 275 g/mol. The van der Waals surface area contributed by atoms with Crippen LogP contribution in [-0.4, -0.2) is 26.2 Å². The van der Waals surface area contributed by atoms with Crippen LogP contribution < -0.4 is 0 Å². The normalized spacial score (nSPS) is 30.9. The lowest BCUT2D eigenvalue weighted by molar-refractivity contribution is -0.139. The molecular weight excluding hydrogens is 260 g/mol. The molecule has 0 saturated heterocycles. The third kappa shape index (κ3) is 1.41. The largest absolute Gasteiger partial charge is 0.466 e. The Morgan fingerprint density at radius 3 is 2.55 bits per heavy atom. The lowest BCUT2D eigenvalue weighted by Gasteiger charge is -2.24. The number of fused-ring (bicyclic) bond motifs is 5. The van der Waals surface area contributed by atoms with E-state index in [1.807, 2.05) is 0 Å². The van der Waals surface area contributed by atoms with Crippen LogP contribution in [0.3, 0.4) is 0 Å². The highest BCUT2D eigenvalue weighted by Crippen LogP contribution is 2.57. The summed E-state index contributed by atoms with van der Waals surface area (Å²) in [6.07, 6.45) is -1.75. The Kier molecular flexibility index (Phi) is 2.44. The van der Waals surface area contributed by atoms with Crippen molar-refractivity contribution >= 4 is 11.9 Å². The van der Waals surface area contributed by atoms with Gasteiger partial charge in [0.25, 0.3) is 0 Å². The maximum Gasteiger partial charge on any atom is 0.337 e. The highest BCUT2D eigenvalue weighted by atomic mass is 16.6. The lowest BCUT2D eigenvalue weighted by Crippen LogP contribution is -2.29. The van der Waals surface area contributed by atoms with Crippen molar-refractivity contribution in [2.45, 2.75) is 18.6 Å². The van der Waals surface area contributed by atoms with Crippen LogP contribution in [0, 0.1) is 0 Å². The van der Waals surface area contributed by atoms with Gasteiger partial charge in [0, 0.05) is 0 Å². The molecule has 2 aliphatic heterocycles. The molecule has 2 atom stereocenters.